The highest BCUT2D eigenvalue weighted by atomic mass is 19.1. The molecule has 4 fully saturated rings. The van der Waals surface area contributed by atoms with Gasteiger partial charge in [-0.2, -0.15) is 0 Å². The molecule has 4 heterocycles. The van der Waals surface area contributed by atoms with Gasteiger partial charge in [-0.05, 0) is 55.6 Å². The van der Waals surface area contributed by atoms with Crippen LogP contribution in [0.2, 0.25) is 0 Å². The predicted octanol–water partition coefficient (Wildman–Crippen LogP) is 3.60. The third-order valence-electron chi connectivity index (χ3n) is 7.03. The molecule has 3 atom stereocenters. The highest BCUT2D eigenvalue weighted by molar-refractivity contribution is 5.34. The summed E-state index contributed by atoms with van der Waals surface area (Å²) in [5.74, 6) is 1.71. The third-order valence-corrected chi connectivity index (χ3v) is 7.03. The Hall–Kier alpha value is -2.11. The van der Waals surface area contributed by atoms with Gasteiger partial charge in [-0.25, -0.2) is 4.39 Å². The molecule has 0 unspecified atom stereocenters. The van der Waals surface area contributed by atoms with Crippen molar-refractivity contribution < 1.29 is 14.2 Å². The number of fused-ring (bicyclic) bond motifs is 2. The van der Waals surface area contributed by atoms with Gasteiger partial charge >= 0.3 is 0 Å². The first-order chi connectivity index (χ1) is 13.6. The lowest BCUT2D eigenvalue weighted by molar-refractivity contribution is -0.00893. The number of phenols is 1. The van der Waals surface area contributed by atoms with E-state index in [1.165, 1.54) is 24.5 Å². The van der Waals surface area contributed by atoms with Crippen molar-refractivity contribution in [3.63, 3.8) is 0 Å². The molecular weight excluding hydrogens is 355 g/mol. The first kappa shape index (κ1) is 18.0. The zero-order valence-corrected chi connectivity index (χ0v) is 16.2. The van der Waals surface area contributed by atoms with Crippen molar-refractivity contribution in [3.05, 3.63) is 59.4 Å². The topological polar surface area (TPSA) is 35.9 Å². The summed E-state index contributed by atoms with van der Waals surface area (Å²) in [6.45, 7) is 3.84. The van der Waals surface area contributed by atoms with E-state index in [9.17, 15) is 9.50 Å². The molecule has 28 heavy (non-hydrogen) atoms. The lowest BCUT2D eigenvalue weighted by atomic mass is 9.75. The van der Waals surface area contributed by atoms with E-state index < -0.39 is 0 Å². The van der Waals surface area contributed by atoms with E-state index in [1.807, 2.05) is 24.3 Å². The van der Waals surface area contributed by atoms with Gasteiger partial charge in [0.25, 0.3) is 0 Å². The van der Waals surface area contributed by atoms with Gasteiger partial charge in [0.05, 0.1) is 7.11 Å². The van der Waals surface area contributed by atoms with Gasteiger partial charge < -0.3 is 9.84 Å². The predicted molar refractivity (Wildman–Crippen MR) is 106 cm³/mol. The van der Waals surface area contributed by atoms with Crippen molar-refractivity contribution in [2.45, 2.75) is 37.4 Å². The molecule has 2 aromatic carbocycles. The monoisotopic (exact) mass is 382 g/mol. The number of phenolic OH excluding ortho intramolecular Hbond substituents is 1. The van der Waals surface area contributed by atoms with Crippen LogP contribution in [0.25, 0.3) is 0 Å². The van der Waals surface area contributed by atoms with E-state index >= 15 is 0 Å². The minimum atomic E-state index is -0.196. The quantitative estimate of drug-likeness (QED) is 0.877. The average Bonchev–Trinajstić information content (AvgIpc) is 3.12. The number of likely N-dealkylation sites (tertiary alicyclic amines) is 1. The molecule has 4 aliphatic rings. The lowest BCUT2D eigenvalue weighted by Crippen LogP contribution is -2.60. The summed E-state index contributed by atoms with van der Waals surface area (Å²) >= 11 is 0. The van der Waals surface area contributed by atoms with Crippen molar-refractivity contribution in [2.24, 2.45) is 5.92 Å². The Morgan fingerprint density at radius 1 is 1.11 bits per heavy atom. The number of hydrogen-bond donors (Lipinski definition) is 1. The molecule has 5 heteroatoms. The number of piperidine rings is 3. The molecule has 2 bridgehead atoms. The van der Waals surface area contributed by atoms with E-state index in [2.05, 4.69) is 15.9 Å². The van der Waals surface area contributed by atoms with Crippen molar-refractivity contribution in [3.8, 4) is 11.5 Å². The fraction of sp³-hybridized carbons (Fsp3) is 0.478. The van der Waals surface area contributed by atoms with Crippen LogP contribution in [0, 0.1) is 11.7 Å². The Bertz CT molecular complexity index is 865. The van der Waals surface area contributed by atoms with E-state index in [0.717, 1.165) is 25.2 Å². The molecule has 6 rings (SSSR count). The SMILES string of the molecule is COc1ccc(CN2C[C@@H](c3cccc(O)c3)[C@@H]3[C@H]2C2CCN3CC2)c(F)c1. The molecule has 4 aliphatic heterocycles. The van der Waals surface area contributed by atoms with Crippen molar-refractivity contribution in [1.82, 2.24) is 9.80 Å². The Kier molecular flexibility index (Phi) is 4.52. The summed E-state index contributed by atoms with van der Waals surface area (Å²) in [5, 5.41) is 10.00. The van der Waals surface area contributed by atoms with Crippen LogP contribution in [-0.4, -0.2) is 53.7 Å². The van der Waals surface area contributed by atoms with Gasteiger partial charge in [0, 0.05) is 42.7 Å². The summed E-state index contributed by atoms with van der Waals surface area (Å²) in [5.41, 5.74) is 1.92. The lowest BCUT2D eigenvalue weighted by Gasteiger charge is -2.51. The van der Waals surface area contributed by atoms with Crippen LogP contribution in [0.4, 0.5) is 4.39 Å². The zero-order chi connectivity index (χ0) is 19.3. The Morgan fingerprint density at radius 3 is 2.64 bits per heavy atom. The fourth-order valence-corrected chi connectivity index (χ4v) is 5.77. The summed E-state index contributed by atoms with van der Waals surface area (Å²) in [6.07, 6.45) is 2.46. The Labute approximate surface area is 165 Å². The summed E-state index contributed by atoms with van der Waals surface area (Å²) in [4.78, 5) is 5.12. The van der Waals surface area contributed by atoms with Crippen LogP contribution in [0.15, 0.2) is 42.5 Å². The van der Waals surface area contributed by atoms with Gasteiger partial charge in [-0.1, -0.05) is 18.2 Å². The van der Waals surface area contributed by atoms with Crippen LogP contribution in [0.1, 0.15) is 29.9 Å². The molecule has 0 aliphatic carbocycles. The number of benzene rings is 2. The fourth-order valence-electron chi connectivity index (χ4n) is 5.77. The molecule has 0 radical (unpaired) electrons. The minimum absolute atomic E-state index is 0.196. The first-order valence-corrected chi connectivity index (χ1v) is 10.2. The van der Waals surface area contributed by atoms with Gasteiger partial charge in [0.15, 0.2) is 0 Å². The summed E-state index contributed by atoms with van der Waals surface area (Å²) in [6, 6.07) is 13.8. The van der Waals surface area contributed by atoms with E-state index in [0.29, 0.717) is 42.0 Å². The number of hydrogen-bond acceptors (Lipinski definition) is 4. The van der Waals surface area contributed by atoms with E-state index in [4.69, 9.17) is 4.74 Å². The molecule has 148 valence electrons. The van der Waals surface area contributed by atoms with Crippen LogP contribution in [0.3, 0.4) is 0 Å². The number of aromatic hydroxyl groups is 1. The number of halogens is 1. The van der Waals surface area contributed by atoms with Crippen molar-refractivity contribution in [1.29, 1.82) is 0 Å². The first-order valence-electron chi connectivity index (χ1n) is 10.2. The highest BCUT2D eigenvalue weighted by Gasteiger charge is 2.53. The molecule has 4 saturated heterocycles. The second-order valence-electron chi connectivity index (χ2n) is 8.44. The van der Waals surface area contributed by atoms with E-state index in [1.54, 1.807) is 13.2 Å². The molecule has 0 amide bonds. The van der Waals surface area contributed by atoms with Gasteiger partial charge in [-0.15, -0.1) is 0 Å². The van der Waals surface area contributed by atoms with Crippen LogP contribution < -0.4 is 4.74 Å². The zero-order valence-electron chi connectivity index (χ0n) is 16.2. The second-order valence-corrected chi connectivity index (χ2v) is 8.44. The smallest absolute Gasteiger partial charge is 0.131 e. The van der Waals surface area contributed by atoms with Crippen molar-refractivity contribution in [2.75, 3.05) is 26.7 Å². The van der Waals surface area contributed by atoms with Crippen LogP contribution in [-0.2, 0) is 6.54 Å². The van der Waals surface area contributed by atoms with Crippen LogP contribution >= 0.6 is 0 Å². The number of methoxy groups -OCH3 is 1. The molecule has 0 spiro atoms. The molecule has 1 N–H and O–H groups in total. The Morgan fingerprint density at radius 2 is 1.93 bits per heavy atom. The molecule has 2 aromatic rings. The Balaban J connectivity index is 1.47. The molecule has 0 saturated carbocycles. The number of nitrogens with zero attached hydrogens (tertiary/aromatic N) is 2. The molecule has 0 aromatic heterocycles. The minimum Gasteiger partial charge on any atom is -0.508 e. The maximum Gasteiger partial charge on any atom is 0.131 e. The average molecular weight is 382 g/mol. The summed E-state index contributed by atoms with van der Waals surface area (Å²) < 4.78 is 19.8. The van der Waals surface area contributed by atoms with Gasteiger partial charge in [-0.3, -0.25) is 9.80 Å². The normalized spacial score (nSPS) is 31.7. The number of rotatable bonds is 4. The van der Waals surface area contributed by atoms with E-state index in [-0.39, 0.29) is 5.82 Å². The maximum absolute atomic E-state index is 14.6. The van der Waals surface area contributed by atoms with Crippen molar-refractivity contribution >= 4 is 0 Å². The third kappa shape index (κ3) is 2.97. The van der Waals surface area contributed by atoms with Gasteiger partial charge in [0.2, 0.25) is 0 Å². The molecular formula is C23H27FN2O2. The summed E-state index contributed by atoms with van der Waals surface area (Å²) in [7, 11) is 1.56. The number of ether oxygens (including phenoxy) is 1. The molecule has 4 nitrogen and oxygen atoms in total. The highest BCUT2D eigenvalue weighted by Crippen LogP contribution is 2.47. The van der Waals surface area contributed by atoms with Crippen LogP contribution in [0.5, 0.6) is 11.5 Å². The maximum atomic E-state index is 14.6. The largest absolute Gasteiger partial charge is 0.508 e. The standard InChI is InChI=1S/C23H27FN2O2/c1-28-19-6-5-17(21(24)12-19)13-26-14-20(16-3-2-4-18(27)11-16)23-22(26)15-7-9-25(23)10-8-15/h2-6,11-12,15,20,22-23,27H,7-10,13-14H2,1H3/t20-,22+,23+/m0/s1. The second kappa shape index (κ2) is 7.05. The van der Waals surface area contributed by atoms with Gasteiger partial charge in [0.1, 0.15) is 17.3 Å².